The molecule has 0 aliphatic carbocycles. The van der Waals surface area contributed by atoms with Gasteiger partial charge in [-0.15, -0.1) is 0 Å². The van der Waals surface area contributed by atoms with Crippen LogP contribution in [0.4, 0.5) is 26.0 Å². The van der Waals surface area contributed by atoms with Gasteiger partial charge >= 0.3 is 0 Å². The lowest BCUT2D eigenvalue weighted by Crippen LogP contribution is -2.43. The van der Waals surface area contributed by atoms with Gasteiger partial charge in [0.25, 0.3) is 10.0 Å². The van der Waals surface area contributed by atoms with E-state index in [1.807, 2.05) is 23.2 Å². The number of sulfonamides is 1. The Morgan fingerprint density at radius 3 is 2.51 bits per heavy atom. The summed E-state index contributed by atoms with van der Waals surface area (Å²) in [4.78, 5) is 13.0. The Hall–Kier alpha value is -4.41. The number of fused-ring (bicyclic) bond motifs is 1. The van der Waals surface area contributed by atoms with Crippen LogP contribution < -0.4 is 15.2 Å². The smallest absolute Gasteiger partial charge is 0.263 e. The Balaban J connectivity index is 1.20. The fraction of sp³-hybridized carbons (Fsp3) is 0.226. The molecular weight excluding hydrogens is 572 g/mol. The van der Waals surface area contributed by atoms with Gasteiger partial charge < -0.3 is 4.90 Å². The molecule has 0 saturated carbocycles. The second-order valence-electron chi connectivity index (χ2n) is 10.4. The van der Waals surface area contributed by atoms with Crippen LogP contribution in [0.5, 0.6) is 0 Å². The summed E-state index contributed by atoms with van der Waals surface area (Å²) >= 11 is 0. The van der Waals surface area contributed by atoms with Gasteiger partial charge in [-0.2, -0.15) is 0 Å². The van der Waals surface area contributed by atoms with Gasteiger partial charge in [-0.05, 0) is 61.0 Å². The molecule has 1 fully saturated rings. The summed E-state index contributed by atoms with van der Waals surface area (Å²) in [7, 11) is -1.99. The van der Waals surface area contributed by atoms with E-state index in [9.17, 15) is 12.8 Å². The molecule has 43 heavy (non-hydrogen) atoms. The second kappa shape index (κ2) is 12.1. The average molecular weight is 602 g/mol. The lowest BCUT2D eigenvalue weighted by Gasteiger charge is -2.32. The van der Waals surface area contributed by atoms with E-state index in [4.69, 9.17) is 0 Å². The van der Waals surface area contributed by atoms with E-state index in [0.717, 1.165) is 62.3 Å². The zero-order valence-corrected chi connectivity index (χ0v) is 24.2. The Labute approximate surface area is 249 Å². The minimum absolute atomic E-state index is 0.156. The van der Waals surface area contributed by atoms with Crippen molar-refractivity contribution in [3.8, 4) is 11.8 Å². The monoisotopic (exact) mass is 601 g/mol. The Kier molecular flexibility index (Phi) is 8.05. The molecule has 0 bridgehead atoms. The molecule has 4 aromatic rings. The van der Waals surface area contributed by atoms with Crippen LogP contribution in [0.25, 0.3) is 0 Å². The standard InChI is InChI=1S/C31H29F2N7O2S/c1-38-15-17-39(18-16-38)21-22-4-9-25(10-5-22)40-31-23(19-35-40)6-7-24(36-31)8-11-27-28(32)12-13-29(30(27)33)37-43(41,42)26-3-2-14-34-20-26/h2-7,9-10,12-14,20,35,37H,15-19,21H2,1H3. The zero-order chi connectivity index (χ0) is 30.0. The van der Waals surface area contributed by atoms with Crippen LogP contribution in [0.3, 0.4) is 0 Å². The highest BCUT2D eigenvalue weighted by Gasteiger charge is 2.23. The van der Waals surface area contributed by atoms with E-state index < -0.39 is 32.9 Å². The van der Waals surface area contributed by atoms with Crippen LogP contribution in [-0.2, 0) is 23.1 Å². The maximum absolute atomic E-state index is 15.3. The molecule has 9 nitrogen and oxygen atoms in total. The van der Waals surface area contributed by atoms with Crippen LogP contribution in [0.2, 0.25) is 0 Å². The molecule has 220 valence electrons. The van der Waals surface area contributed by atoms with Gasteiger partial charge in [0.15, 0.2) is 11.6 Å². The van der Waals surface area contributed by atoms with Crippen LogP contribution >= 0.6 is 0 Å². The number of benzene rings is 2. The predicted octanol–water partition coefficient (Wildman–Crippen LogP) is 3.86. The first-order valence-electron chi connectivity index (χ1n) is 13.7. The third kappa shape index (κ3) is 6.35. The molecule has 12 heteroatoms. The number of nitrogens with one attached hydrogen (secondary N) is 2. The normalized spacial score (nSPS) is 15.6. The molecule has 0 spiro atoms. The number of aromatic nitrogens is 2. The van der Waals surface area contributed by atoms with Gasteiger partial charge in [0.2, 0.25) is 0 Å². The molecule has 2 aromatic carbocycles. The number of hydrogen-bond donors (Lipinski definition) is 2. The summed E-state index contributed by atoms with van der Waals surface area (Å²) in [5.74, 6) is 3.84. The van der Waals surface area contributed by atoms with Gasteiger partial charge in [0.05, 0.1) is 16.9 Å². The van der Waals surface area contributed by atoms with Crippen molar-refractivity contribution in [2.24, 2.45) is 0 Å². The SMILES string of the molecule is CN1CCN(Cc2ccc(N3NCc4ccc(C#Cc5c(F)ccc(NS(=O)(=O)c6cccnc6)c5F)nc43)cc2)CC1. The Morgan fingerprint density at radius 2 is 1.77 bits per heavy atom. The van der Waals surface area contributed by atoms with Crippen LogP contribution in [0.1, 0.15) is 22.4 Å². The Morgan fingerprint density at radius 1 is 0.977 bits per heavy atom. The molecule has 2 aliphatic rings. The first kappa shape index (κ1) is 28.7. The molecule has 2 aliphatic heterocycles. The minimum Gasteiger partial charge on any atom is -0.304 e. The number of halogens is 2. The van der Waals surface area contributed by atoms with Crippen molar-refractivity contribution in [2.75, 3.05) is 43.0 Å². The molecule has 2 aromatic heterocycles. The molecular formula is C31H29F2N7O2S. The van der Waals surface area contributed by atoms with E-state index in [1.54, 1.807) is 6.07 Å². The molecule has 6 rings (SSSR count). The van der Waals surface area contributed by atoms with Crippen molar-refractivity contribution in [1.29, 1.82) is 0 Å². The number of nitrogens with zero attached hydrogens (tertiary/aromatic N) is 5. The van der Waals surface area contributed by atoms with Crippen molar-refractivity contribution in [3.63, 3.8) is 0 Å². The summed E-state index contributed by atoms with van der Waals surface area (Å²) < 4.78 is 57.3. The van der Waals surface area contributed by atoms with Gasteiger partial charge in [0.1, 0.15) is 16.4 Å². The fourth-order valence-electron chi connectivity index (χ4n) is 4.93. The van der Waals surface area contributed by atoms with E-state index >= 15 is 4.39 Å². The van der Waals surface area contributed by atoms with Crippen molar-refractivity contribution in [2.45, 2.75) is 18.0 Å². The largest absolute Gasteiger partial charge is 0.304 e. The lowest BCUT2D eigenvalue weighted by molar-refractivity contribution is 0.148. The summed E-state index contributed by atoms with van der Waals surface area (Å²) in [6, 6.07) is 16.6. The maximum atomic E-state index is 15.3. The minimum atomic E-state index is -4.14. The molecule has 1 saturated heterocycles. The number of likely N-dealkylation sites (N-methyl/N-ethyl adjacent to an activating group) is 1. The van der Waals surface area contributed by atoms with Crippen molar-refractivity contribution < 1.29 is 17.2 Å². The van der Waals surface area contributed by atoms with E-state index in [0.29, 0.717) is 18.1 Å². The number of hydrazine groups is 1. The molecule has 0 unspecified atom stereocenters. The summed E-state index contributed by atoms with van der Waals surface area (Å²) in [5.41, 5.74) is 5.72. The quantitative estimate of drug-likeness (QED) is 0.322. The number of piperazine rings is 1. The topological polar surface area (TPSA) is 93.7 Å². The maximum Gasteiger partial charge on any atom is 0.263 e. The van der Waals surface area contributed by atoms with Gasteiger partial charge in [-0.3, -0.25) is 19.6 Å². The van der Waals surface area contributed by atoms with Crippen LogP contribution in [-0.4, -0.2) is 61.4 Å². The van der Waals surface area contributed by atoms with E-state index in [2.05, 4.69) is 60.9 Å². The van der Waals surface area contributed by atoms with Gasteiger partial charge in [-0.25, -0.2) is 27.6 Å². The molecule has 0 atom stereocenters. The highest BCUT2D eigenvalue weighted by atomic mass is 32.2. The van der Waals surface area contributed by atoms with Crippen molar-refractivity contribution in [1.82, 2.24) is 25.2 Å². The number of anilines is 3. The third-order valence-corrected chi connectivity index (χ3v) is 8.74. The summed E-state index contributed by atoms with van der Waals surface area (Å²) in [6.07, 6.45) is 2.55. The summed E-state index contributed by atoms with van der Waals surface area (Å²) in [6.45, 7) is 5.70. The molecule has 4 heterocycles. The Bertz CT molecular complexity index is 1800. The predicted molar refractivity (Wildman–Crippen MR) is 160 cm³/mol. The number of rotatable bonds is 6. The van der Waals surface area contributed by atoms with E-state index in [1.165, 1.54) is 23.9 Å². The van der Waals surface area contributed by atoms with Gasteiger partial charge in [-0.1, -0.05) is 24.1 Å². The molecule has 0 amide bonds. The summed E-state index contributed by atoms with van der Waals surface area (Å²) in [5, 5.41) is 1.87. The first-order valence-corrected chi connectivity index (χ1v) is 15.2. The molecule has 0 radical (unpaired) electrons. The zero-order valence-electron chi connectivity index (χ0n) is 23.4. The number of pyridine rings is 2. The molecule has 2 N–H and O–H groups in total. The van der Waals surface area contributed by atoms with Crippen molar-refractivity contribution in [3.05, 3.63) is 107 Å². The van der Waals surface area contributed by atoms with Crippen LogP contribution in [0, 0.1) is 23.5 Å². The van der Waals surface area contributed by atoms with E-state index in [-0.39, 0.29) is 4.90 Å². The highest BCUT2D eigenvalue weighted by molar-refractivity contribution is 7.92. The fourth-order valence-corrected chi connectivity index (χ4v) is 5.95. The van der Waals surface area contributed by atoms with Crippen LogP contribution in [0.15, 0.2) is 78.0 Å². The van der Waals surface area contributed by atoms with Gasteiger partial charge in [0, 0.05) is 57.2 Å². The lowest BCUT2D eigenvalue weighted by atomic mass is 10.1. The highest BCUT2D eigenvalue weighted by Crippen LogP contribution is 2.31. The number of hydrogen-bond acceptors (Lipinski definition) is 8. The van der Waals surface area contributed by atoms with Crippen molar-refractivity contribution >= 4 is 27.2 Å². The first-order chi connectivity index (χ1) is 20.8. The average Bonchev–Trinajstić information content (AvgIpc) is 3.44. The third-order valence-electron chi connectivity index (χ3n) is 7.39. The second-order valence-corrected chi connectivity index (χ2v) is 12.1.